The van der Waals surface area contributed by atoms with E-state index in [0.29, 0.717) is 35.6 Å². The molecule has 0 bridgehead atoms. The van der Waals surface area contributed by atoms with Crippen LogP contribution in [-0.4, -0.2) is 34.7 Å². The highest BCUT2D eigenvalue weighted by Gasteiger charge is 2.19. The standard InChI is InChI=1S/C18H16ClFN4O4/c1-2-27-5-6-28-17-9-15-12(8-16(17)24(25)26)18(22-10-21-15)23-11-3-4-14(20)13(19)7-11/h3-4,7-10H,2,5-6H2,1H3,(H,21,22,23). The Morgan fingerprint density at radius 3 is 2.79 bits per heavy atom. The largest absolute Gasteiger partial charge is 0.484 e. The van der Waals surface area contributed by atoms with Gasteiger partial charge in [0.25, 0.3) is 0 Å². The Balaban J connectivity index is 1.97. The van der Waals surface area contributed by atoms with Crippen LogP contribution in [0.1, 0.15) is 6.92 Å². The Bertz CT molecular complexity index is 1020. The van der Waals surface area contributed by atoms with Crippen LogP contribution in [0.3, 0.4) is 0 Å². The molecule has 10 heteroatoms. The van der Waals surface area contributed by atoms with Gasteiger partial charge in [-0.05, 0) is 25.1 Å². The molecule has 0 radical (unpaired) electrons. The van der Waals surface area contributed by atoms with E-state index in [0.717, 1.165) is 0 Å². The van der Waals surface area contributed by atoms with Gasteiger partial charge in [0.15, 0.2) is 5.75 Å². The molecule has 28 heavy (non-hydrogen) atoms. The molecule has 2 aromatic carbocycles. The number of fused-ring (bicyclic) bond motifs is 1. The van der Waals surface area contributed by atoms with Gasteiger partial charge in [0.05, 0.1) is 27.5 Å². The van der Waals surface area contributed by atoms with Crippen molar-refractivity contribution in [2.24, 2.45) is 0 Å². The lowest BCUT2D eigenvalue weighted by Gasteiger charge is -2.11. The third-order valence-electron chi connectivity index (χ3n) is 3.78. The van der Waals surface area contributed by atoms with E-state index >= 15 is 0 Å². The topological polar surface area (TPSA) is 99.4 Å². The smallest absolute Gasteiger partial charge is 0.311 e. The molecule has 0 spiro atoms. The van der Waals surface area contributed by atoms with Crippen molar-refractivity contribution in [3.05, 3.63) is 57.6 Å². The Morgan fingerprint density at radius 2 is 2.07 bits per heavy atom. The van der Waals surface area contributed by atoms with Gasteiger partial charge >= 0.3 is 5.69 Å². The average Bonchev–Trinajstić information content (AvgIpc) is 2.67. The lowest BCUT2D eigenvalue weighted by atomic mass is 10.2. The molecule has 0 saturated carbocycles. The first-order valence-corrected chi connectivity index (χ1v) is 8.73. The summed E-state index contributed by atoms with van der Waals surface area (Å²) in [6.45, 7) is 2.86. The first kappa shape index (κ1) is 19.7. The van der Waals surface area contributed by atoms with Gasteiger partial charge in [-0.1, -0.05) is 11.6 Å². The molecule has 146 valence electrons. The van der Waals surface area contributed by atoms with Crippen LogP contribution in [0.5, 0.6) is 5.75 Å². The average molecular weight is 407 g/mol. The fraction of sp³-hybridized carbons (Fsp3) is 0.222. The molecule has 0 unspecified atom stereocenters. The highest BCUT2D eigenvalue weighted by atomic mass is 35.5. The number of anilines is 2. The Labute approximate surface area is 164 Å². The summed E-state index contributed by atoms with van der Waals surface area (Å²) in [5, 5.41) is 14.8. The first-order valence-electron chi connectivity index (χ1n) is 8.35. The predicted molar refractivity (Wildman–Crippen MR) is 103 cm³/mol. The number of nitrogens with zero attached hydrogens (tertiary/aromatic N) is 3. The van der Waals surface area contributed by atoms with E-state index in [1.165, 1.54) is 36.7 Å². The number of ether oxygens (including phenoxy) is 2. The van der Waals surface area contributed by atoms with Crippen LogP contribution >= 0.6 is 11.6 Å². The van der Waals surface area contributed by atoms with Crippen molar-refractivity contribution < 1.29 is 18.8 Å². The molecule has 8 nitrogen and oxygen atoms in total. The Morgan fingerprint density at radius 1 is 1.25 bits per heavy atom. The van der Waals surface area contributed by atoms with E-state index in [4.69, 9.17) is 21.1 Å². The third-order valence-corrected chi connectivity index (χ3v) is 4.07. The number of halogens is 2. The van der Waals surface area contributed by atoms with Crippen LogP contribution in [0.15, 0.2) is 36.7 Å². The zero-order valence-corrected chi connectivity index (χ0v) is 15.6. The quantitative estimate of drug-likeness (QED) is 0.334. The van der Waals surface area contributed by atoms with Gasteiger partial charge in [0, 0.05) is 24.4 Å². The highest BCUT2D eigenvalue weighted by molar-refractivity contribution is 6.31. The van der Waals surface area contributed by atoms with Gasteiger partial charge in [-0.15, -0.1) is 0 Å². The molecule has 0 amide bonds. The van der Waals surface area contributed by atoms with Gasteiger partial charge < -0.3 is 14.8 Å². The van der Waals surface area contributed by atoms with Crippen molar-refractivity contribution in [1.82, 2.24) is 9.97 Å². The van der Waals surface area contributed by atoms with Crippen LogP contribution in [0, 0.1) is 15.9 Å². The van der Waals surface area contributed by atoms with Gasteiger partial charge in [-0.3, -0.25) is 10.1 Å². The van der Waals surface area contributed by atoms with Crippen LogP contribution in [0.4, 0.5) is 21.6 Å². The molecule has 1 aromatic heterocycles. The maximum Gasteiger partial charge on any atom is 0.311 e. The van der Waals surface area contributed by atoms with Gasteiger partial charge in [0.1, 0.15) is 24.6 Å². The van der Waals surface area contributed by atoms with E-state index in [2.05, 4.69) is 15.3 Å². The zero-order valence-electron chi connectivity index (χ0n) is 14.8. The lowest BCUT2D eigenvalue weighted by molar-refractivity contribution is -0.385. The van der Waals surface area contributed by atoms with Crippen LogP contribution in [0.25, 0.3) is 10.9 Å². The summed E-state index contributed by atoms with van der Waals surface area (Å²) in [6.07, 6.45) is 1.31. The third kappa shape index (κ3) is 4.44. The van der Waals surface area contributed by atoms with Crippen molar-refractivity contribution in [2.45, 2.75) is 6.92 Å². The summed E-state index contributed by atoms with van der Waals surface area (Å²) >= 11 is 5.79. The number of nitro groups is 1. The number of hydrogen-bond acceptors (Lipinski definition) is 7. The summed E-state index contributed by atoms with van der Waals surface area (Å²) in [7, 11) is 0. The Kier molecular flexibility index (Phi) is 6.17. The maximum absolute atomic E-state index is 13.3. The summed E-state index contributed by atoms with van der Waals surface area (Å²) in [5.41, 5.74) is 0.702. The van der Waals surface area contributed by atoms with Crippen LogP contribution in [-0.2, 0) is 4.74 Å². The molecular weight excluding hydrogens is 391 g/mol. The number of aromatic nitrogens is 2. The minimum absolute atomic E-state index is 0.0562. The van der Waals surface area contributed by atoms with Gasteiger partial charge in [-0.25, -0.2) is 14.4 Å². The predicted octanol–water partition coefficient (Wildman–Crippen LogP) is 4.49. The maximum atomic E-state index is 13.3. The second-order valence-electron chi connectivity index (χ2n) is 5.62. The summed E-state index contributed by atoms with van der Waals surface area (Å²) in [4.78, 5) is 19.2. The van der Waals surface area contributed by atoms with E-state index in [1.54, 1.807) is 0 Å². The Hall–Kier alpha value is -3.04. The van der Waals surface area contributed by atoms with Crippen LogP contribution in [0.2, 0.25) is 5.02 Å². The molecular formula is C18H16ClFN4O4. The van der Waals surface area contributed by atoms with E-state index in [1.807, 2.05) is 6.92 Å². The monoisotopic (exact) mass is 406 g/mol. The van der Waals surface area contributed by atoms with E-state index in [-0.39, 0.29) is 23.1 Å². The molecule has 0 aliphatic rings. The minimum atomic E-state index is -0.552. The van der Waals surface area contributed by atoms with Crippen molar-refractivity contribution in [3.8, 4) is 5.75 Å². The van der Waals surface area contributed by atoms with Crippen molar-refractivity contribution in [3.63, 3.8) is 0 Å². The molecule has 3 aromatic rings. The van der Waals surface area contributed by atoms with Crippen molar-refractivity contribution in [1.29, 1.82) is 0 Å². The molecule has 1 heterocycles. The van der Waals surface area contributed by atoms with Crippen LogP contribution < -0.4 is 10.1 Å². The van der Waals surface area contributed by atoms with Crippen molar-refractivity contribution >= 4 is 39.7 Å². The van der Waals surface area contributed by atoms with Gasteiger partial charge in [-0.2, -0.15) is 0 Å². The highest BCUT2D eigenvalue weighted by Crippen LogP contribution is 2.34. The fourth-order valence-electron chi connectivity index (χ4n) is 2.50. The minimum Gasteiger partial charge on any atom is -0.484 e. The summed E-state index contributed by atoms with van der Waals surface area (Å²) in [6, 6.07) is 6.89. The molecule has 0 saturated heterocycles. The van der Waals surface area contributed by atoms with E-state index < -0.39 is 10.7 Å². The molecule has 3 rings (SSSR count). The van der Waals surface area contributed by atoms with Gasteiger partial charge in [0.2, 0.25) is 0 Å². The normalized spacial score (nSPS) is 10.8. The van der Waals surface area contributed by atoms with E-state index in [9.17, 15) is 14.5 Å². The fourth-order valence-corrected chi connectivity index (χ4v) is 2.68. The number of benzene rings is 2. The second kappa shape index (κ2) is 8.77. The number of rotatable bonds is 8. The molecule has 0 fully saturated rings. The first-order chi connectivity index (χ1) is 13.5. The number of hydrogen-bond donors (Lipinski definition) is 1. The molecule has 0 aliphatic carbocycles. The summed E-state index contributed by atoms with van der Waals surface area (Å²) in [5.74, 6) is -0.146. The lowest BCUT2D eigenvalue weighted by Crippen LogP contribution is -2.08. The zero-order chi connectivity index (χ0) is 20.1. The molecule has 0 atom stereocenters. The SMILES string of the molecule is CCOCCOc1cc2ncnc(Nc3ccc(F)c(Cl)c3)c2cc1[N+](=O)[O-]. The molecule has 1 N–H and O–H groups in total. The molecule has 0 aliphatic heterocycles. The number of nitro benzene ring substituents is 1. The summed E-state index contributed by atoms with van der Waals surface area (Å²) < 4.78 is 24.0. The van der Waals surface area contributed by atoms with Crippen molar-refractivity contribution in [2.75, 3.05) is 25.1 Å². The second-order valence-corrected chi connectivity index (χ2v) is 6.02. The number of nitrogens with one attached hydrogen (secondary N) is 1.